The molecule has 0 N–H and O–H groups in total. The number of rotatable bonds is 4. The van der Waals surface area contributed by atoms with Gasteiger partial charge in [-0.05, 0) is 61.4 Å². The van der Waals surface area contributed by atoms with Gasteiger partial charge in [0.2, 0.25) is 5.91 Å². The number of carbonyl (C=O) groups is 1. The summed E-state index contributed by atoms with van der Waals surface area (Å²) in [6.45, 7) is 3.48. The quantitative estimate of drug-likeness (QED) is 0.528. The first-order chi connectivity index (χ1) is 14.8. The van der Waals surface area contributed by atoms with E-state index in [1.165, 1.54) is 23.4 Å². The van der Waals surface area contributed by atoms with Crippen LogP contribution in [0, 0.1) is 0 Å². The third-order valence-electron chi connectivity index (χ3n) is 5.56. The molecule has 0 fully saturated rings. The zero-order chi connectivity index (χ0) is 22.2. The van der Waals surface area contributed by atoms with Gasteiger partial charge >= 0.3 is 0 Å². The molecule has 0 bridgehead atoms. The van der Waals surface area contributed by atoms with Crippen LogP contribution in [0.15, 0.2) is 83.8 Å². The average Bonchev–Trinajstić information content (AvgIpc) is 2.74. The summed E-state index contributed by atoms with van der Waals surface area (Å²) in [6, 6.07) is 22.1. The average molecular weight is 455 g/mol. The molecular formula is C24H23ClN2O3S. The first kappa shape index (κ1) is 21.4. The number of benzene rings is 3. The number of hydrogen-bond donors (Lipinski definition) is 0. The van der Waals surface area contributed by atoms with Crippen molar-refractivity contribution in [3.8, 4) is 0 Å². The van der Waals surface area contributed by atoms with Gasteiger partial charge in [-0.1, -0.05) is 48.0 Å². The highest BCUT2D eigenvalue weighted by Gasteiger charge is 2.40. The van der Waals surface area contributed by atoms with Gasteiger partial charge in [-0.3, -0.25) is 9.10 Å². The molecule has 0 aliphatic carbocycles. The minimum Gasteiger partial charge on any atom is -0.309 e. The normalized spacial score (nSPS) is 18.4. The second-order valence-electron chi connectivity index (χ2n) is 7.64. The Morgan fingerprint density at radius 3 is 2.23 bits per heavy atom. The highest BCUT2D eigenvalue weighted by Crippen LogP contribution is 2.44. The first-order valence-electron chi connectivity index (χ1n) is 10.0. The lowest BCUT2D eigenvalue weighted by atomic mass is 9.91. The molecule has 4 rings (SSSR count). The third kappa shape index (κ3) is 3.93. The molecule has 31 heavy (non-hydrogen) atoms. The van der Waals surface area contributed by atoms with Crippen LogP contribution in [0.5, 0.6) is 0 Å². The highest BCUT2D eigenvalue weighted by atomic mass is 35.5. The number of hydrogen-bond acceptors (Lipinski definition) is 3. The van der Waals surface area contributed by atoms with Crippen molar-refractivity contribution < 1.29 is 13.2 Å². The number of carbonyl (C=O) groups excluding carboxylic acids is 1. The van der Waals surface area contributed by atoms with E-state index in [-0.39, 0.29) is 16.8 Å². The molecule has 2 atom stereocenters. The Bertz CT molecular complexity index is 1200. The second kappa shape index (κ2) is 8.36. The van der Waals surface area contributed by atoms with Gasteiger partial charge in [0, 0.05) is 23.7 Å². The van der Waals surface area contributed by atoms with Crippen LogP contribution in [0.25, 0.3) is 0 Å². The van der Waals surface area contributed by atoms with Gasteiger partial charge in [-0.2, -0.15) is 0 Å². The molecule has 3 aromatic carbocycles. The van der Waals surface area contributed by atoms with E-state index >= 15 is 0 Å². The van der Waals surface area contributed by atoms with E-state index in [1.54, 1.807) is 29.2 Å². The van der Waals surface area contributed by atoms with Gasteiger partial charge in [0.1, 0.15) is 0 Å². The molecule has 5 nitrogen and oxygen atoms in total. The largest absolute Gasteiger partial charge is 0.309 e. The second-order valence-corrected chi connectivity index (χ2v) is 9.89. The zero-order valence-corrected chi connectivity index (χ0v) is 18.8. The van der Waals surface area contributed by atoms with E-state index in [1.807, 2.05) is 49.4 Å². The summed E-state index contributed by atoms with van der Waals surface area (Å²) >= 11 is 5.99. The molecule has 0 saturated heterocycles. The predicted octanol–water partition coefficient (Wildman–Crippen LogP) is 5.42. The summed E-state index contributed by atoms with van der Waals surface area (Å²) in [5.74, 6) is -0.0646. The summed E-state index contributed by atoms with van der Waals surface area (Å²) in [5.41, 5.74) is 2.11. The van der Waals surface area contributed by atoms with Gasteiger partial charge < -0.3 is 4.90 Å². The van der Waals surface area contributed by atoms with Crippen molar-refractivity contribution in [1.29, 1.82) is 0 Å². The minimum absolute atomic E-state index is 0.0646. The number of sulfonamides is 1. The van der Waals surface area contributed by atoms with Gasteiger partial charge in [-0.25, -0.2) is 8.42 Å². The summed E-state index contributed by atoms with van der Waals surface area (Å²) < 4.78 is 29.2. The van der Waals surface area contributed by atoms with Gasteiger partial charge in [0.05, 0.1) is 16.6 Å². The maximum Gasteiger partial charge on any atom is 0.264 e. The molecule has 1 amide bonds. The van der Waals surface area contributed by atoms with Crippen LogP contribution in [0.3, 0.4) is 0 Å². The first-order valence-corrected chi connectivity index (χ1v) is 11.9. The molecule has 1 aliphatic rings. The van der Waals surface area contributed by atoms with Crippen LogP contribution < -0.4 is 9.21 Å². The van der Waals surface area contributed by atoms with Crippen molar-refractivity contribution in [3.05, 3.63) is 89.4 Å². The van der Waals surface area contributed by atoms with Crippen molar-refractivity contribution >= 4 is 38.9 Å². The summed E-state index contributed by atoms with van der Waals surface area (Å²) in [5, 5.41) is 0.471. The molecule has 0 unspecified atom stereocenters. The Morgan fingerprint density at radius 2 is 1.58 bits per heavy atom. The van der Waals surface area contributed by atoms with Crippen molar-refractivity contribution in [2.75, 3.05) is 9.21 Å². The minimum atomic E-state index is -3.90. The van der Waals surface area contributed by atoms with Crippen LogP contribution in [-0.2, 0) is 14.8 Å². The van der Waals surface area contributed by atoms with E-state index in [4.69, 9.17) is 11.6 Å². The van der Waals surface area contributed by atoms with Crippen LogP contribution >= 0.6 is 11.6 Å². The Kier molecular flexibility index (Phi) is 5.77. The van der Waals surface area contributed by atoms with E-state index in [0.29, 0.717) is 17.1 Å². The van der Waals surface area contributed by atoms with Crippen LogP contribution in [0.4, 0.5) is 11.4 Å². The van der Waals surface area contributed by atoms with Crippen LogP contribution in [0.1, 0.15) is 31.9 Å². The Labute approximate surface area is 187 Å². The van der Waals surface area contributed by atoms with Crippen molar-refractivity contribution in [2.45, 2.75) is 37.2 Å². The van der Waals surface area contributed by atoms with E-state index in [0.717, 1.165) is 11.3 Å². The topological polar surface area (TPSA) is 57.7 Å². The molecule has 7 heteroatoms. The molecule has 0 aromatic heterocycles. The predicted molar refractivity (Wildman–Crippen MR) is 124 cm³/mol. The lowest BCUT2D eigenvalue weighted by Gasteiger charge is -2.43. The summed E-state index contributed by atoms with van der Waals surface area (Å²) in [7, 11) is -3.90. The molecule has 0 saturated carbocycles. The van der Waals surface area contributed by atoms with E-state index in [2.05, 4.69) is 0 Å². The maximum absolute atomic E-state index is 13.9. The van der Waals surface area contributed by atoms with Gasteiger partial charge in [-0.15, -0.1) is 0 Å². The van der Waals surface area contributed by atoms with Crippen molar-refractivity contribution in [2.24, 2.45) is 0 Å². The lowest BCUT2D eigenvalue weighted by Crippen LogP contribution is -2.47. The number of anilines is 2. The van der Waals surface area contributed by atoms with E-state index < -0.39 is 16.1 Å². The fraction of sp³-hybridized carbons (Fsp3) is 0.208. The number of amides is 1. The number of nitrogens with zero attached hydrogens (tertiary/aromatic N) is 2. The standard InChI is InChI=1S/C24H23ClN2O3S/c1-17-16-24(22-10-6-7-11-23(22)26(17)18(2)28)27(20-8-4-3-5-9-20)31(29,30)21-14-12-19(25)13-15-21/h3-15,17,24H,16H2,1-2H3/t17-,24+/m1/s1. The third-order valence-corrected chi connectivity index (χ3v) is 7.67. The number of fused-ring (bicyclic) bond motifs is 1. The van der Waals surface area contributed by atoms with Gasteiger partial charge in [0.25, 0.3) is 10.0 Å². The monoisotopic (exact) mass is 454 g/mol. The van der Waals surface area contributed by atoms with E-state index in [9.17, 15) is 13.2 Å². The molecule has 0 spiro atoms. The summed E-state index contributed by atoms with van der Waals surface area (Å²) in [6.07, 6.45) is 0.471. The molecule has 160 valence electrons. The van der Waals surface area contributed by atoms with Crippen molar-refractivity contribution in [3.63, 3.8) is 0 Å². The summed E-state index contributed by atoms with van der Waals surface area (Å²) in [4.78, 5) is 14.3. The Hall–Kier alpha value is -2.83. The van der Waals surface area contributed by atoms with Crippen LogP contribution in [-0.4, -0.2) is 20.4 Å². The fourth-order valence-corrected chi connectivity index (χ4v) is 6.03. The molecule has 1 aliphatic heterocycles. The van der Waals surface area contributed by atoms with Crippen molar-refractivity contribution in [1.82, 2.24) is 0 Å². The number of para-hydroxylation sites is 2. The van der Waals surface area contributed by atoms with Gasteiger partial charge in [0.15, 0.2) is 0 Å². The van der Waals surface area contributed by atoms with Crippen LogP contribution in [0.2, 0.25) is 5.02 Å². The highest BCUT2D eigenvalue weighted by molar-refractivity contribution is 7.92. The SMILES string of the molecule is CC(=O)N1c2ccccc2[C@@H](N(c2ccccc2)S(=O)(=O)c2ccc(Cl)cc2)C[C@H]1C. The number of halogens is 1. The maximum atomic E-state index is 13.9. The molecule has 0 radical (unpaired) electrons. The molecular weight excluding hydrogens is 432 g/mol. The zero-order valence-electron chi connectivity index (χ0n) is 17.3. The fourth-order valence-electron chi connectivity index (χ4n) is 4.26. The Balaban J connectivity index is 1.92. The molecule has 3 aromatic rings. The lowest BCUT2D eigenvalue weighted by molar-refractivity contribution is -0.117. The molecule has 1 heterocycles. The smallest absolute Gasteiger partial charge is 0.264 e. The Morgan fingerprint density at radius 1 is 0.968 bits per heavy atom.